The van der Waals surface area contributed by atoms with Crippen molar-refractivity contribution in [3.63, 3.8) is 0 Å². The Labute approximate surface area is 149 Å². The van der Waals surface area contributed by atoms with Crippen molar-refractivity contribution in [2.24, 2.45) is 0 Å². The van der Waals surface area contributed by atoms with Crippen LogP contribution < -0.4 is 0 Å². The second kappa shape index (κ2) is 11.4. The predicted octanol–water partition coefficient (Wildman–Crippen LogP) is 5.13. The molecule has 0 aliphatic carbocycles. The van der Waals surface area contributed by atoms with Crippen LogP contribution >= 0.6 is 24.8 Å². The van der Waals surface area contributed by atoms with Gasteiger partial charge in [0.25, 0.3) is 11.4 Å². The first-order chi connectivity index (χ1) is 10.5. The molecule has 0 aliphatic rings. The van der Waals surface area contributed by atoms with Crippen molar-refractivity contribution in [3.05, 3.63) is 91.6 Å². The van der Waals surface area contributed by atoms with Crippen LogP contribution in [0.15, 0.2) is 48.5 Å². The Hall–Kier alpha value is -3.20. The molecule has 0 fully saturated rings. The largest absolute Gasteiger partial charge is 0.259 e. The summed E-state index contributed by atoms with van der Waals surface area (Å²) in [6.07, 6.45) is 0. The maximum absolute atomic E-state index is 10.2. The highest BCUT2D eigenvalue weighted by atomic mass is 35.5. The first-order valence-electron chi connectivity index (χ1n) is 5.71. The molecule has 0 aliphatic heterocycles. The van der Waals surface area contributed by atoms with Crippen molar-refractivity contribution in [3.8, 4) is 0 Å². The van der Waals surface area contributed by atoms with Gasteiger partial charge in [-0.3, -0.25) is 20.2 Å². The first kappa shape index (κ1) is 23.1. The molecule has 0 saturated heterocycles. The number of nitro benzene ring substituents is 2. The van der Waals surface area contributed by atoms with Crippen molar-refractivity contribution >= 4 is 47.6 Å². The number of hydrogen-bond acceptors (Lipinski definition) is 4. The summed E-state index contributed by atoms with van der Waals surface area (Å²) < 4.78 is 0. The Morgan fingerprint density at radius 2 is 1.08 bits per heavy atom. The average molecular weight is 369 g/mol. The third kappa shape index (κ3) is 7.18. The van der Waals surface area contributed by atoms with Gasteiger partial charge in [0.15, 0.2) is 11.4 Å². The van der Waals surface area contributed by atoms with Crippen LogP contribution in [0, 0.1) is 33.4 Å². The highest BCUT2D eigenvalue weighted by molar-refractivity contribution is 5.85. The highest BCUT2D eigenvalue weighted by Gasteiger charge is 2.04. The minimum absolute atomic E-state index is 0. The number of halogens is 2. The van der Waals surface area contributed by atoms with Crippen LogP contribution in [-0.4, -0.2) is 9.85 Å². The lowest BCUT2D eigenvalue weighted by Gasteiger charge is -1.89. The Morgan fingerprint density at radius 1 is 0.750 bits per heavy atom. The van der Waals surface area contributed by atoms with E-state index in [1.165, 1.54) is 48.5 Å². The predicted molar refractivity (Wildman–Crippen MR) is 93.2 cm³/mol. The molecule has 124 valence electrons. The van der Waals surface area contributed by atoms with E-state index in [2.05, 4.69) is 9.69 Å². The molecule has 0 atom stereocenters. The van der Waals surface area contributed by atoms with Crippen LogP contribution in [0.5, 0.6) is 0 Å². The Morgan fingerprint density at radius 3 is 1.33 bits per heavy atom. The molecule has 0 N–H and O–H groups in total. The smallest absolute Gasteiger partial charge is 0.258 e. The monoisotopic (exact) mass is 368 g/mol. The van der Waals surface area contributed by atoms with Gasteiger partial charge in [-0.15, -0.1) is 24.8 Å². The van der Waals surface area contributed by atoms with E-state index >= 15 is 0 Å². The lowest BCUT2D eigenvalue weighted by Crippen LogP contribution is -1.85. The Bertz CT molecular complexity index is 732. The molecule has 24 heavy (non-hydrogen) atoms. The number of hydrogen-bond donors (Lipinski definition) is 0. The van der Waals surface area contributed by atoms with Gasteiger partial charge in [-0.05, 0) is 0 Å². The highest BCUT2D eigenvalue weighted by Crippen LogP contribution is 2.19. The molecule has 0 bridgehead atoms. The standard InChI is InChI=1S/2C7H4N2O2.2ClH/c2*1-8-6-3-2-4-7(5-6)9(10)11;;/h2*2-5H;2*1H. The number of nitrogens with zero attached hydrogens (tertiary/aromatic N) is 4. The lowest BCUT2D eigenvalue weighted by molar-refractivity contribution is -0.385. The second-order valence-electron chi connectivity index (χ2n) is 3.78. The number of nitro groups is 2. The van der Waals surface area contributed by atoms with Gasteiger partial charge >= 0.3 is 0 Å². The zero-order valence-corrected chi connectivity index (χ0v) is 13.5. The van der Waals surface area contributed by atoms with Crippen LogP contribution in [-0.2, 0) is 0 Å². The van der Waals surface area contributed by atoms with Crippen LogP contribution in [0.4, 0.5) is 22.7 Å². The van der Waals surface area contributed by atoms with Gasteiger partial charge in [0.1, 0.15) is 0 Å². The molecule has 0 unspecified atom stereocenters. The fraction of sp³-hybridized carbons (Fsp3) is 0. The van der Waals surface area contributed by atoms with E-state index in [4.69, 9.17) is 13.1 Å². The van der Waals surface area contributed by atoms with E-state index in [0.29, 0.717) is 11.4 Å². The van der Waals surface area contributed by atoms with Crippen molar-refractivity contribution in [1.29, 1.82) is 0 Å². The van der Waals surface area contributed by atoms with E-state index in [1.54, 1.807) is 0 Å². The zero-order valence-electron chi connectivity index (χ0n) is 11.9. The SMILES string of the molecule is Cl.Cl.[C-]#[N+]c1cccc([N+](=O)[O-])c1.[C-]#[N+]c1cccc([N+](=O)[O-])c1. The molecule has 8 nitrogen and oxygen atoms in total. The summed E-state index contributed by atoms with van der Waals surface area (Å²) in [5.41, 5.74) is 0.496. The molecule has 2 rings (SSSR count). The fourth-order valence-corrected chi connectivity index (χ4v) is 1.35. The van der Waals surface area contributed by atoms with E-state index < -0.39 is 9.85 Å². The molecular weight excluding hydrogens is 359 g/mol. The molecule has 2 aromatic carbocycles. The quantitative estimate of drug-likeness (QED) is 0.416. The van der Waals surface area contributed by atoms with E-state index in [9.17, 15) is 20.2 Å². The Kier molecular flexibility index (Phi) is 10.9. The van der Waals surface area contributed by atoms with Crippen molar-refractivity contribution in [1.82, 2.24) is 0 Å². The molecule has 0 aromatic heterocycles. The van der Waals surface area contributed by atoms with Crippen molar-refractivity contribution in [2.45, 2.75) is 0 Å². The fourth-order valence-electron chi connectivity index (χ4n) is 1.35. The molecule has 0 saturated carbocycles. The summed E-state index contributed by atoms with van der Waals surface area (Å²) in [7, 11) is 0. The van der Waals surface area contributed by atoms with Gasteiger partial charge in [0.2, 0.25) is 0 Å². The van der Waals surface area contributed by atoms with E-state index in [0.717, 1.165) is 0 Å². The third-order valence-electron chi connectivity index (χ3n) is 2.34. The summed E-state index contributed by atoms with van der Waals surface area (Å²) in [6.45, 7) is 13.2. The third-order valence-corrected chi connectivity index (χ3v) is 2.34. The first-order valence-corrected chi connectivity index (χ1v) is 5.71. The number of benzene rings is 2. The maximum atomic E-state index is 10.2. The van der Waals surface area contributed by atoms with Crippen molar-refractivity contribution < 1.29 is 9.85 Å². The van der Waals surface area contributed by atoms with Gasteiger partial charge in [0, 0.05) is 24.3 Å². The van der Waals surface area contributed by atoms with Gasteiger partial charge in [0.05, 0.1) is 23.0 Å². The summed E-state index contributed by atoms with van der Waals surface area (Å²) in [5.74, 6) is 0. The summed E-state index contributed by atoms with van der Waals surface area (Å²) >= 11 is 0. The summed E-state index contributed by atoms with van der Waals surface area (Å²) in [6, 6.07) is 11.2. The molecule has 0 heterocycles. The van der Waals surface area contributed by atoms with Crippen LogP contribution in [0.2, 0.25) is 0 Å². The van der Waals surface area contributed by atoms with Crippen molar-refractivity contribution in [2.75, 3.05) is 0 Å². The van der Waals surface area contributed by atoms with E-state index in [1.807, 2.05) is 0 Å². The average Bonchev–Trinajstić information content (AvgIpc) is 2.55. The zero-order chi connectivity index (χ0) is 16.5. The molecule has 0 spiro atoms. The van der Waals surface area contributed by atoms with Crippen LogP contribution in [0.1, 0.15) is 0 Å². The van der Waals surface area contributed by atoms with Gasteiger partial charge < -0.3 is 0 Å². The molecule has 10 heteroatoms. The second-order valence-corrected chi connectivity index (χ2v) is 3.78. The lowest BCUT2D eigenvalue weighted by atomic mass is 10.3. The van der Waals surface area contributed by atoms with E-state index in [-0.39, 0.29) is 36.2 Å². The number of non-ortho nitro benzene ring substituents is 2. The Balaban J connectivity index is 0. The molecular formula is C14H10Cl2N4O4. The topological polar surface area (TPSA) is 95.0 Å². The minimum atomic E-state index is -0.519. The maximum Gasteiger partial charge on any atom is 0.259 e. The van der Waals surface area contributed by atoms with Crippen LogP contribution in [0.25, 0.3) is 9.69 Å². The minimum Gasteiger partial charge on any atom is -0.258 e. The molecule has 0 radical (unpaired) electrons. The number of rotatable bonds is 2. The van der Waals surface area contributed by atoms with Gasteiger partial charge in [-0.25, -0.2) is 9.69 Å². The van der Waals surface area contributed by atoms with Gasteiger partial charge in [-0.1, -0.05) is 24.3 Å². The molecule has 0 amide bonds. The molecule has 2 aromatic rings. The summed E-state index contributed by atoms with van der Waals surface area (Å²) in [5, 5.41) is 20.3. The van der Waals surface area contributed by atoms with Crippen LogP contribution in [0.3, 0.4) is 0 Å². The normalized spacial score (nSPS) is 7.92. The summed E-state index contributed by atoms with van der Waals surface area (Å²) in [4.78, 5) is 25.4. The van der Waals surface area contributed by atoms with Gasteiger partial charge in [-0.2, -0.15) is 0 Å².